The van der Waals surface area contributed by atoms with Crippen molar-refractivity contribution < 1.29 is 18.0 Å². The first-order chi connectivity index (χ1) is 17.0. The maximum Gasteiger partial charge on any atom is 0.416 e. The number of hydrogen-bond acceptors (Lipinski definition) is 2. The third-order valence-corrected chi connectivity index (χ3v) is 7.51. The second-order valence-corrected chi connectivity index (χ2v) is 9.95. The quantitative estimate of drug-likeness (QED) is 0.326. The number of hydrogen-bond donors (Lipinski definition) is 1. The summed E-state index contributed by atoms with van der Waals surface area (Å²) in [5, 5.41) is 0. The van der Waals surface area contributed by atoms with E-state index >= 15 is 0 Å². The minimum atomic E-state index is -4.44. The van der Waals surface area contributed by atoms with Crippen LogP contribution in [0.5, 0.6) is 0 Å². The third-order valence-electron chi connectivity index (χ3n) is 7.51. The van der Waals surface area contributed by atoms with Gasteiger partial charge in [0, 0.05) is 12.1 Å². The lowest BCUT2D eigenvalue weighted by Crippen LogP contribution is -2.43. The molecule has 7 heteroatoms. The number of nitrogens with zero attached hydrogens (tertiary/aromatic N) is 2. The average molecular weight is 492 g/mol. The Morgan fingerprint density at radius 2 is 1.81 bits per heavy atom. The second-order valence-electron chi connectivity index (χ2n) is 9.95. The third kappa shape index (κ3) is 3.96. The molecule has 2 heterocycles. The summed E-state index contributed by atoms with van der Waals surface area (Å²) in [5.41, 5.74) is 5.02. The van der Waals surface area contributed by atoms with Crippen LogP contribution in [0.1, 0.15) is 58.2 Å². The van der Waals surface area contributed by atoms with Gasteiger partial charge in [-0.15, -0.1) is 0 Å². The monoisotopic (exact) mass is 491 g/mol. The summed E-state index contributed by atoms with van der Waals surface area (Å²) in [7, 11) is 0. The molecule has 1 saturated heterocycles. The summed E-state index contributed by atoms with van der Waals surface area (Å²) in [4.78, 5) is 23.7. The Hall–Kier alpha value is -3.61. The molecule has 1 atom stereocenters. The molecule has 5 rings (SSSR count). The molecule has 4 aromatic rings. The smallest absolute Gasteiger partial charge is 0.340 e. The Labute approximate surface area is 208 Å². The number of rotatable bonds is 3. The fourth-order valence-corrected chi connectivity index (χ4v) is 5.23. The number of aromatic nitrogens is 2. The molecule has 1 aliphatic rings. The van der Waals surface area contributed by atoms with Gasteiger partial charge in [-0.25, -0.2) is 4.98 Å². The van der Waals surface area contributed by atoms with Gasteiger partial charge in [-0.1, -0.05) is 35.9 Å². The fourth-order valence-electron chi connectivity index (χ4n) is 5.23. The van der Waals surface area contributed by atoms with Crippen LogP contribution >= 0.6 is 0 Å². The minimum Gasteiger partial charge on any atom is -0.340 e. The van der Waals surface area contributed by atoms with E-state index in [0.717, 1.165) is 46.4 Å². The number of aromatic amines is 1. The molecule has 3 aromatic carbocycles. The van der Waals surface area contributed by atoms with Gasteiger partial charge in [0.05, 0.1) is 22.1 Å². The summed E-state index contributed by atoms with van der Waals surface area (Å²) in [6.07, 6.45) is -3.00. The molecule has 4 nitrogen and oxygen atoms in total. The van der Waals surface area contributed by atoms with E-state index in [0.29, 0.717) is 29.9 Å². The standard InChI is InChI=1S/C29H28F3N3O/c1-17-9-11-22(21-8-5-7-18(2)19(21)3)23(15-17)26(36)35-14-6-13-28(35,4)27-33-24-12-10-20(29(30,31)32)16-25(24)34-27/h5,7-12,15-16H,6,13-14H2,1-4H3,(H,33,34). The van der Waals surface area contributed by atoms with E-state index < -0.39 is 17.3 Å². The number of H-pyrrole nitrogens is 1. The molecule has 1 aromatic heterocycles. The number of aryl methyl sites for hydroxylation is 2. The van der Waals surface area contributed by atoms with Crippen molar-refractivity contribution in [1.29, 1.82) is 0 Å². The van der Waals surface area contributed by atoms with Crippen LogP contribution in [0.2, 0.25) is 0 Å². The SMILES string of the molecule is Cc1ccc(-c2cccc(C)c2C)c(C(=O)N2CCCC2(C)c2nc3cc(C(F)(F)F)ccc3[nH]2)c1. The number of benzene rings is 3. The summed E-state index contributed by atoms with van der Waals surface area (Å²) in [6, 6.07) is 15.5. The lowest BCUT2D eigenvalue weighted by molar-refractivity contribution is -0.137. The van der Waals surface area contributed by atoms with E-state index in [-0.39, 0.29) is 11.4 Å². The molecular formula is C29H28F3N3O. The van der Waals surface area contributed by atoms with Crippen LogP contribution in [-0.2, 0) is 11.7 Å². The van der Waals surface area contributed by atoms with Crippen LogP contribution in [0, 0.1) is 20.8 Å². The molecule has 1 amide bonds. The molecule has 0 radical (unpaired) electrons. The number of imidazole rings is 1. The van der Waals surface area contributed by atoms with Gasteiger partial charge in [0.2, 0.25) is 0 Å². The Bertz CT molecular complexity index is 1490. The highest BCUT2D eigenvalue weighted by molar-refractivity contribution is 6.02. The van der Waals surface area contributed by atoms with E-state index in [9.17, 15) is 18.0 Å². The Balaban J connectivity index is 1.58. The zero-order chi connectivity index (χ0) is 25.8. The first-order valence-corrected chi connectivity index (χ1v) is 12.1. The average Bonchev–Trinajstić information content (AvgIpc) is 3.44. The molecule has 1 unspecified atom stereocenters. The predicted octanol–water partition coefficient (Wildman–Crippen LogP) is 7.33. The molecule has 1 aliphatic heterocycles. The minimum absolute atomic E-state index is 0.106. The molecule has 0 saturated carbocycles. The van der Waals surface area contributed by atoms with Gasteiger partial charge in [0.25, 0.3) is 5.91 Å². The van der Waals surface area contributed by atoms with E-state index in [2.05, 4.69) is 29.9 Å². The topological polar surface area (TPSA) is 49.0 Å². The van der Waals surface area contributed by atoms with Gasteiger partial charge < -0.3 is 9.88 Å². The van der Waals surface area contributed by atoms with E-state index in [4.69, 9.17) is 0 Å². The second kappa shape index (κ2) is 8.50. The Morgan fingerprint density at radius 1 is 1.03 bits per heavy atom. The largest absolute Gasteiger partial charge is 0.416 e. The summed E-state index contributed by atoms with van der Waals surface area (Å²) >= 11 is 0. The summed E-state index contributed by atoms with van der Waals surface area (Å²) in [5.74, 6) is 0.398. The molecule has 0 spiro atoms. The molecule has 0 aliphatic carbocycles. The van der Waals surface area contributed by atoms with E-state index in [1.807, 2.05) is 49.1 Å². The maximum absolute atomic E-state index is 14.1. The molecule has 0 bridgehead atoms. The molecule has 1 fully saturated rings. The van der Waals surface area contributed by atoms with Crippen molar-refractivity contribution in [2.75, 3.05) is 6.54 Å². The highest BCUT2D eigenvalue weighted by Gasteiger charge is 2.44. The van der Waals surface area contributed by atoms with Gasteiger partial charge in [-0.3, -0.25) is 4.79 Å². The highest BCUT2D eigenvalue weighted by atomic mass is 19.4. The number of carbonyl (C=O) groups is 1. The van der Waals surface area contributed by atoms with Gasteiger partial charge in [-0.2, -0.15) is 13.2 Å². The van der Waals surface area contributed by atoms with Crippen molar-refractivity contribution in [3.05, 3.63) is 88.2 Å². The highest BCUT2D eigenvalue weighted by Crippen LogP contribution is 2.41. The van der Waals surface area contributed by atoms with Crippen molar-refractivity contribution in [3.63, 3.8) is 0 Å². The molecular weight excluding hydrogens is 463 g/mol. The zero-order valence-corrected chi connectivity index (χ0v) is 20.8. The van der Waals surface area contributed by atoms with Crippen LogP contribution in [0.4, 0.5) is 13.2 Å². The van der Waals surface area contributed by atoms with Crippen LogP contribution in [-0.4, -0.2) is 27.3 Å². The van der Waals surface area contributed by atoms with Crippen LogP contribution in [0.25, 0.3) is 22.2 Å². The van der Waals surface area contributed by atoms with E-state index in [1.165, 1.54) is 6.07 Å². The number of amides is 1. The first-order valence-electron chi connectivity index (χ1n) is 12.1. The summed E-state index contributed by atoms with van der Waals surface area (Å²) < 4.78 is 39.7. The van der Waals surface area contributed by atoms with Gasteiger partial charge >= 0.3 is 6.18 Å². The molecule has 36 heavy (non-hydrogen) atoms. The number of alkyl halides is 3. The Kier molecular flexibility index (Phi) is 5.69. The van der Waals surface area contributed by atoms with E-state index in [1.54, 1.807) is 0 Å². The summed E-state index contributed by atoms with van der Waals surface area (Å²) in [6.45, 7) is 8.55. The van der Waals surface area contributed by atoms with Crippen molar-refractivity contribution in [3.8, 4) is 11.1 Å². The normalized spacial score (nSPS) is 18.2. The number of carbonyl (C=O) groups excluding carboxylic acids is 1. The number of nitrogens with one attached hydrogen (secondary N) is 1. The van der Waals surface area contributed by atoms with Crippen LogP contribution in [0.3, 0.4) is 0 Å². The van der Waals surface area contributed by atoms with Crippen molar-refractivity contribution in [1.82, 2.24) is 14.9 Å². The number of fused-ring (bicyclic) bond motifs is 1. The molecule has 186 valence electrons. The zero-order valence-electron chi connectivity index (χ0n) is 20.8. The van der Waals surface area contributed by atoms with Crippen molar-refractivity contribution >= 4 is 16.9 Å². The van der Waals surface area contributed by atoms with Gasteiger partial charge in [-0.05, 0) is 87.1 Å². The lowest BCUT2D eigenvalue weighted by atomic mass is 9.91. The number of halogens is 3. The van der Waals surface area contributed by atoms with Crippen LogP contribution < -0.4 is 0 Å². The first kappa shape index (κ1) is 24.1. The van der Waals surface area contributed by atoms with Crippen molar-refractivity contribution in [2.24, 2.45) is 0 Å². The maximum atomic E-state index is 14.1. The fraction of sp³-hybridized carbons (Fsp3) is 0.310. The molecule has 1 N–H and O–H groups in total. The van der Waals surface area contributed by atoms with Gasteiger partial charge in [0.1, 0.15) is 5.82 Å². The Morgan fingerprint density at radius 3 is 2.56 bits per heavy atom. The predicted molar refractivity (Wildman–Crippen MR) is 135 cm³/mol. The number of likely N-dealkylation sites (tertiary alicyclic amines) is 1. The lowest BCUT2D eigenvalue weighted by Gasteiger charge is -2.34. The van der Waals surface area contributed by atoms with Gasteiger partial charge in [0.15, 0.2) is 0 Å². The van der Waals surface area contributed by atoms with Crippen molar-refractivity contribution in [2.45, 2.75) is 52.3 Å². The van der Waals surface area contributed by atoms with Crippen LogP contribution in [0.15, 0.2) is 54.6 Å².